The van der Waals surface area contributed by atoms with Crippen LogP contribution in [0.15, 0.2) is 11.5 Å². The van der Waals surface area contributed by atoms with Crippen molar-refractivity contribution in [2.75, 3.05) is 20.1 Å². The molecule has 6 heteroatoms. The molecule has 112 valence electrons. The van der Waals surface area contributed by atoms with Gasteiger partial charge in [-0.05, 0) is 32.4 Å². The molecule has 0 saturated carbocycles. The smallest absolute Gasteiger partial charge is 0.244 e. The second-order valence-corrected chi connectivity index (χ2v) is 6.07. The molecule has 3 heterocycles. The number of ether oxygens (including phenoxy) is 1. The number of aryl methyl sites for hydroxylation is 1. The minimum atomic E-state index is -0.378. The second-order valence-electron chi connectivity index (χ2n) is 6.07. The average Bonchev–Trinajstić information content (AvgIpc) is 2.86. The molecule has 1 fully saturated rings. The number of nitriles is 1. The summed E-state index contributed by atoms with van der Waals surface area (Å²) in [7, 11) is 2.11. The summed E-state index contributed by atoms with van der Waals surface area (Å²) in [5.74, 6) is 1.02. The highest BCUT2D eigenvalue weighted by molar-refractivity contribution is 5.55. The minimum Gasteiger partial charge on any atom is -0.420 e. The topological polar surface area (TPSA) is 91.0 Å². The number of rotatable bonds is 1. The Morgan fingerprint density at radius 3 is 3.00 bits per heavy atom. The first-order valence-electron chi connectivity index (χ1n) is 7.39. The van der Waals surface area contributed by atoms with E-state index in [0.717, 1.165) is 37.2 Å². The van der Waals surface area contributed by atoms with E-state index >= 15 is 0 Å². The van der Waals surface area contributed by atoms with Crippen molar-refractivity contribution >= 4 is 0 Å². The molecule has 0 radical (unpaired) electrons. The van der Waals surface area contributed by atoms with Crippen molar-refractivity contribution in [2.45, 2.75) is 32.1 Å². The lowest BCUT2D eigenvalue weighted by Crippen LogP contribution is -2.51. The maximum atomic E-state index is 9.68. The van der Waals surface area contributed by atoms with Gasteiger partial charge in [-0.15, -0.1) is 5.10 Å². The molecule has 2 aliphatic rings. The van der Waals surface area contributed by atoms with Gasteiger partial charge in [-0.2, -0.15) is 5.26 Å². The quantitative estimate of drug-likeness (QED) is 0.811. The number of H-pyrrole nitrogens is 1. The van der Waals surface area contributed by atoms with E-state index in [1.54, 1.807) is 0 Å². The van der Waals surface area contributed by atoms with Crippen LogP contribution in [0.25, 0.3) is 0 Å². The number of aromatic amines is 1. The molecule has 1 saturated heterocycles. The summed E-state index contributed by atoms with van der Waals surface area (Å²) in [4.78, 5) is 2.29. The van der Waals surface area contributed by atoms with Crippen LogP contribution in [0.5, 0.6) is 5.88 Å². The third-order valence-electron chi connectivity index (χ3n) is 4.93. The molecule has 1 spiro atoms. The first kappa shape index (κ1) is 14.0. The highest BCUT2D eigenvalue weighted by atomic mass is 16.5. The van der Waals surface area contributed by atoms with Crippen molar-refractivity contribution in [3.8, 4) is 11.9 Å². The molecule has 6 nitrogen and oxygen atoms in total. The van der Waals surface area contributed by atoms with Crippen molar-refractivity contribution in [1.82, 2.24) is 15.1 Å². The van der Waals surface area contributed by atoms with E-state index in [-0.39, 0.29) is 17.2 Å². The molecular weight excluding hydrogens is 266 g/mol. The van der Waals surface area contributed by atoms with Gasteiger partial charge < -0.3 is 15.4 Å². The Hall–Kier alpha value is -2.00. The van der Waals surface area contributed by atoms with Gasteiger partial charge in [0.1, 0.15) is 11.6 Å². The maximum Gasteiger partial charge on any atom is 0.244 e. The number of nitrogens with zero attached hydrogens (tertiary/aromatic N) is 3. The van der Waals surface area contributed by atoms with Crippen LogP contribution in [0.3, 0.4) is 0 Å². The number of nitrogens with two attached hydrogens (primary N) is 1. The zero-order valence-corrected chi connectivity index (χ0v) is 12.7. The summed E-state index contributed by atoms with van der Waals surface area (Å²) in [6, 6.07) is 2.31. The van der Waals surface area contributed by atoms with Crippen molar-refractivity contribution in [3.05, 3.63) is 22.7 Å². The molecule has 1 aromatic heterocycles. The Morgan fingerprint density at radius 2 is 2.38 bits per heavy atom. The van der Waals surface area contributed by atoms with E-state index in [1.165, 1.54) is 0 Å². The van der Waals surface area contributed by atoms with Gasteiger partial charge in [0, 0.05) is 23.2 Å². The van der Waals surface area contributed by atoms with E-state index in [0.29, 0.717) is 11.5 Å². The van der Waals surface area contributed by atoms with E-state index in [1.807, 2.05) is 0 Å². The predicted octanol–water partition coefficient (Wildman–Crippen LogP) is 1.27. The maximum absolute atomic E-state index is 9.68. The van der Waals surface area contributed by atoms with Gasteiger partial charge in [0.15, 0.2) is 0 Å². The van der Waals surface area contributed by atoms with Crippen LogP contribution in [-0.2, 0) is 11.8 Å². The summed E-state index contributed by atoms with van der Waals surface area (Å²) in [5, 5.41) is 17.0. The number of hydrogen-bond donors (Lipinski definition) is 2. The summed E-state index contributed by atoms with van der Waals surface area (Å²) in [6.45, 7) is 6.11. The number of fused-ring (bicyclic) bond motifs is 2. The molecule has 0 bridgehead atoms. The van der Waals surface area contributed by atoms with Gasteiger partial charge in [-0.3, -0.25) is 5.10 Å². The van der Waals surface area contributed by atoms with Gasteiger partial charge >= 0.3 is 0 Å². The van der Waals surface area contributed by atoms with Crippen LogP contribution in [0.1, 0.15) is 31.5 Å². The first-order chi connectivity index (χ1) is 10.0. The third-order valence-corrected chi connectivity index (χ3v) is 4.93. The van der Waals surface area contributed by atoms with Gasteiger partial charge in [0.05, 0.1) is 0 Å². The lowest BCUT2D eigenvalue weighted by atomic mass is 9.61. The van der Waals surface area contributed by atoms with Gasteiger partial charge in [-0.1, -0.05) is 13.8 Å². The fourth-order valence-corrected chi connectivity index (χ4v) is 3.87. The molecule has 3 rings (SSSR count). The number of nitrogens with one attached hydrogen (secondary N) is 1. The molecule has 2 aliphatic heterocycles. The van der Waals surface area contributed by atoms with Gasteiger partial charge in [0.25, 0.3) is 0 Å². The minimum absolute atomic E-state index is 0.204. The van der Waals surface area contributed by atoms with Crippen LogP contribution in [0.4, 0.5) is 0 Å². The summed E-state index contributed by atoms with van der Waals surface area (Å²) in [5.41, 5.74) is 8.29. The Kier molecular flexibility index (Phi) is 3.18. The fraction of sp³-hybridized carbons (Fsp3) is 0.600. The van der Waals surface area contributed by atoms with Gasteiger partial charge in [-0.25, -0.2) is 0 Å². The molecule has 0 aromatic carbocycles. The molecule has 21 heavy (non-hydrogen) atoms. The van der Waals surface area contributed by atoms with Crippen LogP contribution in [0, 0.1) is 17.2 Å². The first-order valence-corrected chi connectivity index (χ1v) is 7.39. The molecule has 0 amide bonds. The molecule has 3 N–H and O–H groups in total. The van der Waals surface area contributed by atoms with E-state index in [2.05, 4.69) is 42.1 Å². The van der Waals surface area contributed by atoms with Crippen LogP contribution in [-0.4, -0.2) is 35.2 Å². The van der Waals surface area contributed by atoms with Crippen LogP contribution >= 0.6 is 0 Å². The Balaban J connectivity index is 2.25. The van der Waals surface area contributed by atoms with Crippen molar-refractivity contribution in [1.29, 1.82) is 5.26 Å². The van der Waals surface area contributed by atoms with Gasteiger partial charge in [0.2, 0.25) is 11.8 Å². The summed E-state index contributed by atoms with van der Waals surface area (Å²) >= 11 is 0. The number of allylic oxidation sites excluding steroid dienone is 1. The number of aromatic nitrogens is 2. The van der Waals surface area contributed by atoms with E-state index in [4.69, 9.17) is 10.5 Å². The van der Waals surface area contributed by atoms with Crippen LogP contribution in [0.2, 0.25) is 0 Å². The number of likely N-dealkylation sites (tertiary alicyclic amines) is 1. The van der Waals surface area contributed by atoms with E-state index < -0.39 is 0 Å². The zero-order chi connectivity index (χ0) is 15.2. The Morgan fingerprint density at radius 1 is 1.62 bits per heavy atom. The fourth-order valence-electron chi connectivity index (χ4n) is 3.87. The SMILES string of the molecule is CCc1[nH]nc2c1[C@@]1(CCN(C)C[C@H]1C)C(C#N)=C(N)O2. The average molecular weight is 287 g/mol. The number of hydrogen-bond acceptors (Lipinski definition) is 5. The summed E-state index contributed by atoms with van der Waals surface area (Å²) in [6.07, 6.45) is 1.69. The molecule has 2 atom stereocenters. The van der Waals surface area contributed by atoms with Crippen LogP contribution < -0.4 is 10.5 Å². The monoisotopic (exact) mass is 287 g/mol. The molecular formula is C15H21N5O. The number of piperidine rings is 1. The lowest BCUT2D eigenvalue weighted by Gasteiger charge is -2.47. The summed E-state index contributed by atoms with van der Waals surface area (Å²) < 4.78 is 5.60. The molecule has 0 aliphatic carbocycles. The van der Waals surface area contributed by atoms with Crippen molar-refractivity contribution in [3.63, 3.8) is 0 Å². The zero-order valence-electron chi connectivity index (χ0n) is 12.7. The predicted molar refractivity (Wildman–Crippen MR) is 78.4 cm³/mol. The van der Waals surface area contributed by atoms with E-state index in [9.17, 15) is 5.26 Å². The highest BCUT2D eigenvalue weighted by Gasteiger charge is 2.52. The largest absolute Gasteiger partial charge is 0.420 e. The lowest BCUT2D eigenvalue weighted by molar-refractivity contribution is 0.135. The standard InChI is InChI=1S/C15H21N5O/c1-4-11-12-14(19-18-11)21-13(17)10(7-16)15(12)5-6-20(3)8-9(15)2/h9H,4-6,8,17H2,1-3H3,(H,18,19)/t9-,15-/m1/s1. The van der Waals surface area contributed by atoms with Crippen molar-refractivity contribution < 1.29 is 4.74 Å². The Bertz CT molecular complexity index is 641. The third kappa shape index (κ3) is 1.77. The molecule has 1 aromatic rings. The Labute approximate surface area is 124 Å². The van der Waals surface area contributed by atoms with Crippen molar-refractivity contribution in [2.24, 2.45) is 11.7 Å². The normalized spacial score (nSPS) is 29.1. The second kappa shape index (κ2) is 4.78. The molecule has 0 unspecified atom stereocenters. The highest BCUT2D eigenvalue weighted by Crippen LogP contribution is 2.52.